The van der Waals surface area contributed by atoms with Crippen LogP contribution in [0.3, 0.4) is 0 Å². The molecule has 0 aliphatic carbocycles. The molecule has 1 unspecified atom stereocenters. The zero-order valence-electron chi connectivity index (χ0n) is 28.6. The van der Waals surface area contributed by atoms with Gasteiger partial charge in [-0.25, -0.2) is 4.98 Å². The van der Waals surface area contributed by atoms with Gasteiger partial charge in [0.25, 0.3) is 11.8 Å². The first kappa shape index (κ1) is 37.7. The zero-order valence-corrected chi connectivity index (χ0v) is 31.1. The molecule has 2 aliphatic heterocycles. The number of fused-ring (bicyclic) bond motifs is 1. The molecule has 5 rings (SSSR count). The van der Waals surface area contributed by atoms with E-state index in [0.29, 0.717) is 17.9 Å². The Morgan fingerprint density at radius 2 is 1.78 bits per heavy atom. The van der Waals surface area contributed by atoms with Gasteiger partial charge in [-0.3, -0.25) is 24.1 Å². The van der Waals surface area contributed by atoms with E-state index < -0.39 is 35.0 Å². The quantitative estimate of drug-likeness (QED) is 0.0374. The number of carbonyl (C=O) groups excluding carboxylic acids is 4. The number of aromatic nitrogens is 1. The third-order valence-corrected chi connectivity index (χ3v) is 10.0. The van der Waals surface area contributed by atoms with Gasteiger partial charge in [-0.2, -0.15) is 0 Å². The molecule has 0 spiro atoms. The van der Waals surface area contributed by atoms with Gasteiger partial charge in [-0.15, -0.1) is 23.1 Å². The highest BCUT2D eigenvalue weighted by Crippen LogP contribution is 2.43. The molecule has 2 aliphatic rings. The fraction of sp³-hybridized carbons (Fsp3) is 0.361. The van der Waals surface area contributed by atoms with E-state index in [2.05, 4.69) is 27.7 Å². The number of β-lactam (4-membered cyclic amide) rings is 1. The van der Waals surface area contributed by atoms with Crippen LogP contribution in [0.2, 0.25) is 0 Å². The number of rotatable bonds is 15. The minimum atomic E-state index is -0.902. The molecule has 0 bridgehead atoms. The largest absolute Gasteiger partial charge is 0.469 e. The predicted molar refractivity (Wildman–Crippen MR) is 200 cm³/mol. The maximum Gasteiger partial charge on any atom is 0.309 e. The van der Waals surface area contributed by atoms with Crippen LogP contribution in [0.1, 0.15) is 69.9 Å². The minimum absolute atomic E-state index is 0.105. The molecule has 0 saturated carbocycles. The monoisotopic (exact) mass is 749 g/mol. The van der Waals surface area contributed by atoms with E-state index in [1.807, 2.05) is 60.7 Å². The Morgan fingerprint density at radius 3 is 2.39 bits per heavy atom. The van der Waals surface area contributed by atoms with E-state index in [-0.39, 0.29) is 40.5 Å². The molecule has 15 heteroatoms. The lowest BCUT2D eigenvalue weighted by molar-refractivity contribution is -0.156. The molecule has 3 amide bonds. The van der Waals surface area contributed by atoms with Gasteiger partial charge >= 0.3 is 5.97 Å². The van der Waals surface area contributed by atoms with Gasteiger partial charge in [0, 0.05) is 11.1 Å². The summed E-state index contributed by atoms with van der Waals surface area (Å²) in [7, 11) is 0. The van der Waals surface area contributed by atoms with Gasteiger partial charge in [-0.05, 0) is 56.1 Å². The first-order valence-corrected chi connectivity index (χ1v) is 18.7. The third-order valence-electron chi connectivity index (χ3n) is 7.63. The SMILES string of the molecule is CCCC1=C(C(=S)OC(c2ccccc2)c2ccccc2)N2C(=O)C(NC(=O)C(=NOCCC(=O)OC(C)(C)C)c3csc(NC=O)n3)[C@H]2SC1. The maximum atomic E-state index is 13.9. The van der Waals surface area contributed by atoms with Crippen molar-refractivity contribution in [2.45, 2.75) is 70.1 Å². The zero-order chi connectivity index (χ0) is 36.5. The van der Waals surface area contributed by atoms with Crippen molar-refractivity contribution in [3.63, 3.8) is 0 Å². The average Bonchev–Trinajstić information content (AvgIpc) is 3.57. The molecule has 1 saturated heterocycles. The summed E-state index contributed by atoms with van der Waals surface area (Å²) < 4.78 is 11.8. The number of carbonyl (C=O) groups is 4. The molecule has 2 atom stereocenters. The molecule has 268 valence electrons. The molecule has 2 N–H and O–H groups in total. The van der Waals surface area contributed by atoms with E-state index in [1.54, 1.807) is 25.7 Å². The summed E-state index contributed by atoms with van der Waals surface area (Å²) >= 11 is 8.55. The number of thiazole rings is 1. The van der Waals surface area contributed by atoms with Crippen molar-refractivity contribution >= 4 is 75.4 Å². The summed E-state index contributed by atoms with van der Waals surface area (Å²) in [4.78, 5) is 61.9. The lowest BCUT2D eigenvalue weighted by Gasteiger charge is -2.50. The average molecular weight is 750 g/mol. The molecular weight excluding hydrogens is 711 g/mol. The Hall–Kier alpha value is -4.60. The summed E-state index contributed by atoms with van der Waals surface area (Å²) in [6.07, 6.45) is 1.43. The number of hydrogen-bond donors (Lipinski definition) is 2. The Balaban J connectivity index is 1.34. The molecule has 12 nitrogen and oxygen atoms in total. The number of anilines is 1. The number of thioether (sulfide) groups is 1. The maximum absolute atomic E-state index is 13.9. The molecular formula is C36H39N5O7S3. The van der Waals surface area contributed by atoms with E-state index >= 15 is 0 Å². The van der Waals surface area contributed by atoms with Crippen molar-refractivity contribution < 1.29 is 33.5 Å². The van der Waals surface area contributed by atoms with E-state index in [1.165, 1.54) is 17.1 Å². The summed E-state index contributed by atoms with van der Waals surface area (Å²) in [5, 5.41) is 10.7. The Labute approximate surface area is 310 Å². The molecule has 1 aromatic heterocycles. The summed E-state index contributed by atoms with van der Waals surface area (Å²) in [6, 6.07) is 18.6. The van der Waals surface area contributed by atoms with Crippen molar-refractivity contribution in [1.82, 2.24) is 15.2 Å². The summed E-state index contributed by atoms with van der Waals surface area (Å²) in [5.74, 6) is -0.962. The van der Waals surface area contributed by atoms with Crippen LogP contribution in [-0.2, 0) is 33.5 Å². The summed E-state index contributed by atoms with van der Waals surface area (Å²) in [5.41, 5.74) is 2.62. The van der Waals surface area contributed by atoms with E-state index in [4.69, 9.17) is 26.5 Å². The number of oxime groups is 1. The lowest BCUT2D eigenvalue weighted by Crippen LogP contribution is -2.71. The fourth-order valence-electron chi connectivity index (χ4n) is 5.46. The standard InChI is InChI=1S/C36H39N5O7S3/c1-5-12-24-19-50-33-28(32(45)41(33)29(24)34(49)47-30(22-13-8-6-9-14-22)23-15-10-7-11-16-23)39-31(44)27(25-20-51-35(38-25)37-21-42)40-46-18-17-26(43)48-36(2,3)4/h6-11,13-16,20-21,28,30,33H,5,12,17-19H2,1-4H3,(H,39,44)(H,37,38,42)/t28?,33-/m1/s1. The third kappa shape index (κ3) is 9.40. The number of hydrogen-bond acceptors (Lipinski definition) is 12. The first-order chi connectivity index (χ1) is 24.5. The van der Waals surface area contributed by atoms with Gasteiger partial charge in [0.15, 0.2) is 10.8 Å². The number of nitrogens with one attached hydrogen (secondary N) is 2. The molecule has 1 fully saturated rings. The second-order valence-electron chi connectivity index (χ2n) is 12.6. The van der Waals surface area contributed by atoms with Gasteiger partial charge in [-0.1, -0.05) is 79.2 Å². The van der Waals surface area contributed by atoms with Crippen molar-refractivity contribution in [1.29, 1.82) is 0 Å². The normalized spacial score (nSPS) is 17.3. The van der Waals surface area contributed by atoms with Crippen LogP contribution >= 0.6 is 35.3 Å². The van der Waals surface area contributed by atoms with E-state index in [9.17, 15) is 19.2 Å². The number of benzene rings is 2. The van der Waals surface area contributed by atoms with Crippen LogP contribution < -0.4 is 10.6 Å². The molecule has 0 radical (unpaired) electrons. The van der Waals surface area contributed by atoms with Crippen molar-refractivity contribution in [3.8, 4) is 0 Å². The van der Waals surface area contributed by atoms with Gasteiger partial charge in [0.05, 0.1) is 12.1 Å². The van der Waals surface area contributed by atoms with Crippen molar-refractivity contribution in [2.24, 2.45) is 5.16 Å². The van der Waals surface area contributed by atoms with Crippen LogP contribution in [0, 0.1) is 0 Å². The van der Waals surface area contributed by atoms with Gasteiger partial charge in [0.1, 0.15) is 35.4 Å². The second-order valence-corrected chi connectivity index (χ2v) is 14.9. The highest BCUT2D eigenvalue weighted by Gasteiger charge is 2.54. The van der Waals surface area contributed by atoms with Crippen LogP contribution in [0.5, 0.6) is 0 Å². The Kier molecular flexibility index (Phi) is 12.6. The molecule has 51 heavy (non-hydrogen) atoms. The first-order valence-electron chi connectivity index (χ1n) is 16.4. The van der Waals surface area contributed by atoms with Crippen LogP contribution in [0.15, 0.2) is 82.5 Å². The Morgan fingerprint density at radius 1 is 1.12 bits per heavy atom. The predicted octanol–water partition coefficient (Wildman–Crippen LogP) is 5.75. The van der Waals surface area contributed by atoms with E-state index in [0.717, 1.165) is 40.9 Å². The minimum Gasteiger partial charge on any atom is -0.469 e. The molecule has 3 heterocycles. The van der Waals surface area contributed by atoms with Crippen molar-refractivity contribution in [3.05, 3.63) is 94.1 Å². The highest BCUT2D eigenvalue weighted by atomic mass is 32.2. The van der Waals surface area contributed by atoms with Gasteiger partial charge < -0.3 is 24.9 Å². The van der Waals surface area contributed by atoms with Crippen LogP contribution in [-0.4, -0.2) is 74.2 Å². The number of nitrogens with zero attached hydrogens (tertiary/aromatic N) is 3. The molecule has 2 aromatic carbocycles. The summed E-state index contributed by atoms with van der Waals surface area (Å²) in [6.45, 7) is 7.16. The highest BCUT2D eigenvalue weighted by molar-refractivity contribution is 8.00. The molecule has 3 aromatic rings. The van der Waals surface area contributed by atoms with Crippen LogP contribution in [0.25, 0.3) is 0 Å². The lowest BCUT2D eigenvalue weighted by atomic mass is 9.99. The van der Waals surface area contributed by atoms with Crippen LogP contribution in [0.4, 0.5) is 5.13 Å². The second kappa shape index (κ2) is 17.1. The smallest absolute Gasteiger partial charge is 0.309 e. The van der Waals surface area contributed by atoms with Crippen molar-refractivity contribution in [2.75, 3.05) is 17.7 Å². The topological polar surface area (TPSA) is 149 Å². The number of amides is 3. The fourth-order valence-corrected chi connectivity index (χ4v) is 7.84. The Bertz CT molecular complexity index is 1770. The number of esters is 1. The number of ether oxygens (including phenoxy) is 2. The number of thiocarbonyl (C=S) groups is 1. The van der Waals surface area contributed by atoms with Gasteiger partial charge in [0.2, 0.25) is 11.5 Å².